The lowest BCUT2D eigenvalue weighted by atomic mass is 10.3. The minimum absolute atomic E-state index is 0.958. The van der Waals surface area contributed by atoms with Crippen molar-refractivity contribution >= 4 is 5.69 Å². The maximum atomic E-state index is 5.00. The Kier molecular flexibility index (Phi) is 2.71. The van der Waals surface area contributed by atoms with E-state index in [1.807, 2.05) is 30.3 Å². The molecule has 0 heterocycles. The molecule has 1 aromatic rings. The molecular formula is C14H11N. The van der Waals surface area contributed by atoms with Crippen molar-refractivity contribution in [2.75, 3.05) is 5.32 Å². The summed E-state index contributed by atoms with van der Waals surface area (Å²) in [6.45, 7) is 0. The van der Waals surface area contributed by atoms with E-state index in [1.54, 1.807) is 0 Å². The van der Waals surface area contributed by atoms with E-state index >= 15 is 0 Å². The summed E-state index contributed by atoms with van der Waals surface area (Å²) >= 11 is 0. The van der Waals surface area contributed by atoms with Gasteiger partial charge in [0.15, 0.2) is 0 Å². The molecule has 0 fully saturated rings. The first kappa shape index (κ1) is 9.36. The van der Waals surface area contributed by atoms with Crippen molar-refractivity contribution in [3.63, 3.8) is 0 Å². The number of benzene rings is 2. The summed E-state index contributed by atoms with van der Waals surface area (Å²) in [4.78, 5) is 0. The van der Waals surface area contributed by atoms with Gasteiger partial charge in [-0.3, -0.25) is 0 Å². The molecule has 0 aromatic heterocycles. The van der Waals surface area contributed by atoms with Crippen molar-refractivity contribution in [2.45, 2.75) is 0 Å². The first-order valence-corrected chi connectivity index (χ1v) is 4.77. The molecule has 3 rings (SSSR count). The van der Waals surface area contributed by atoms with Crippen LogP contribution in [0, 0.1) is 12.5 Å². The third-order valence-electron chi connectivity index (χ3n) is 2.10. The van der Waals surface area contributed by atoms with Gasteiger partial charge >= 0.3 is 0 Å². The van der Waals surface area contributed by atoms with Gasteiger partial charge in [0.1, 0.15) is 0 Å². The Labute approximate surface area is 89.8 Å². The molecule has 1 nitrogen and oxygen atoms in total. The Morgan fingerprint density at radius 1 is 0.867 bits per heavy atom. The van der Waals surface area contributed by atoms with Crippen molar-refractivity contribution in [3.05, 3.63) is 54.6 Å². The monoisotopic (exact) mass is 193 g/mol. The summed E-state index contributed by atoms with van der Waals surface area (Å²) in [5.74, 6) is 0. The normalized spacial score (nSPS) is 9.27. The lowest BCUT2D eigenvalue weighted by Gasteiger charge is -1.93. The fourth-order valence-electron chi connectivity index (χ4n) is 1.28. The number of fused-ring (bicyclic) bond motifs is 1. The number of hydrogen-bond donors (Lipinski definition) is 1. The van der Waals surface area contributed by atoms with E-state index in [2.05, 4.69) is 35.6 Å². The number of rotatable bonds is 1. The number of terminal acetylenes is 1. The first-order chi connectivity index (χ1) is 7.40. The molecule has 0 bridgehead atoms. The maximum Gasteiger partial charge on any atom is 0.0459 e. The van der Waals surface area contributed by atoms with Gasteiger partial charge in [0.05, 0.1) is 0 Å². The van der Waals surface area contributed by atoms with E-state index in [-0.39, 0.29) is 0 Å². The average Bonchev–Trinajstić information content (AvgIpc) is 2.89. The third kappa shape index (κ3) is 2.62. The van der Waals surface area contributed by atoms with Gasteiger partial charge in [-0.05, 0) is 29.3 Å². The Morgan fingerprint density at radius 3 is 1.93 bits per heavy atom. The van der Waals surface area contributed by atoms with Crippen LogP contribution in [-0.2, 0) is 0 Å². The molecule has 1 N–H and O–H groups in total. The summed E-state index contributed by atoms with van der Waals surface area (Å²) in [5.41, 5.74) is 3.81. The molecule has 1 aromatic carbocycles. The van der Waals surface area contributed by atoms with Crippen LogP contribution in [0.4, 0.5) is 5.69 Å². The zero-order valence-electron chi connectivity index (χ0n) is 8.27. The Hall–Kier alpha value is -2.20. The van der Waals surface area contributed by atoms with E-state index in [4.69, 9.17) is 6.42 Å². The van der Waals surface area contributed by atoms with Crippen LogP contribution in [0.3, 0.4) is 0 Å². The highest BCUT2D eigenvalue weighted by Gasteiger charge is 2.06. The van der Waals surface area contributed by atoms with E-state index in [9.17, 15) is 0 Å². The van der Waals surface area contributed by atoms with Crippen LogP contribution >= 0.6 is 0 Å². The smallest absolute Gasteiger partial charge is 0.0459 e. The number of hydrogen-bond acceptors (Lipinski definition) is 1. The van der Waals surface area contributed by atoms with E-state index in [0.717, 1.165) is 5.69 Å². The summed E-state index contributed by atoms with van der Waals surface area (Å²) < 4.78 is 0. The maximum absolute atomic E-state index is 5.00. The van der Waals surface area contributed by atoms with Gasteiger partial charge < -0.3 is 5.32 Å². The third-order valence-corrected chi connectivity index (χ3v) is 2.10. The van der Waals surface area contributed by atoms with Crippen molar-refractivity contribution in [1.29, 1.82) is 0 Å². The number of para-hydroxylation sites is 1. The van der Waals surface area contributed by atoms with Gasteiger partial charge in [0.25, 0.3) is 0 Å². The fourth-order valence-corrected chi connectivity index (χ4v) is 1.28. The summed E-state index contributed by atoms with van der Waals surface area (Å²) in [6.07, 6.45) is 5.00. The van der Waals surface area contributed by atoms with Crippen LogP contribution in [0.15, 0.2) is 54.6 Å². The van der Waals surface area contributed by atoms with Crippen molar-refractivity contribution < 1.29 is 0 Å². The van der Waals surface area contributed by atoms with Gasteiger partial charge in [0, 0.05) is 11.7 Å². The van der Waals surface area contributed by atoms with Crippen molar-refractivity contribution in [2.24, 2.45) is 0 Å². The molecular weight excluding hydrogens is 182 g/mol. The Bertz CT molecular complexity index is 463. The second-order valence-corrected chi connectivity index (χ2v) is 3.22. The zero-order chi connectivity index (χ0) is 10.5. The Balaban J connectivity index is 0.000000121. The summed E-state index contributed by atoms with van der Waals surface area (Å²) in [6, 6.07) is 20.5. The summed E-state index contributed by atoms with van der Waals surface area (Å²) in [5, 5.41) is 2.74. The molecule has 0 aliphatic heterocycles. The SMILES string of the molecule is C#CNc1ccccc1.c1cc2cc-2c1. The molecule has 0 unspecified atom stereocenters. The van der Waals surface area contributed by atoms with Crippen molar-refractivity contribution in [1.82, 2.24) is 0 Å². The highest BCUT2D eigenvalue weighted by atomic mass is 14.8. The van der Waals surface area contributed by atoms with Gasteiger partial charge in [-0.1, -0.05) is 42.8 Å². The fraction of sp³-hybridized carbons (Fsp3) is 0. The highest BCUT2D eigenvalue weighted by molar-refractivity contribution is 5.80. The van der Waals surface area contributed by atoms with E-state index < -0.39 is 0 Å². The van der Waals surface area contributed by atoms with Crippen LogP contribution < -0.4 is 5.32 Å². The van der Waals surface area contributed by atoms with Crippen LogP contribution in [0.1, 0.15) is 0 Å². The molecule has 0 spiro atoms. The second-order valence-electron chi connectivity index (χ2n) is 3.22. The lowest BCUT2D eigenvalue weighted by Crippen LogP contribution is -1.83. The highest BCUT2D eigenvalue weighted by Crippen LogP contribution is 2.32. The largest absolute Gasteiger partial charge is 0.315 e. The van der Waals surface area contributed by atoms with Crippen LogP contribution in [0.25, 0.3) is 11.1 Å². The molecule has 2 aliphatic rings. The average molecular weight is 193 g/mol. The molecule has 1 heteroatoms. The molecule has 0 atom stereocenters. The quantitative estimate of drug-likeness (QED) is 0.461. The van der Waals surface area contributed by atoms with Gasteiger partial charge in [-0.15, -0.1) is 0 Å². The molecule has 0 saturated carbocycles. The van der Waals surface area contributed by atoms with Crippen LogP contribution in [-0.4, -0.2) is 0 Å². The topological polar surface area (TPSA) is 12.0 Å². The van der Waals surface area contributed by atoms with E-state index in [1.165, 1.54) is 11.1 Å². The standard InChI is InChI=1S/C8H7N.C6H4/c1-2-9-8-6-4-3-5-7-8;1-2-5-4-6(5)3-1/h1,3-7,9H;1-4H. The molecule has 0 radical (unpaired) electrons. The van der Waals surface area contributed by atoms with Crippen molar-refractivity contribution in [3.8, 4) is 23.6 Å². The second kappa shape index (κ2) is 4.34. The number of anilines is 1. The molecule has 72 valence electrons. The molecule has 0 saturated heterocycles. The molecule has 0 amide bonds. The van der Waals surface area contributed by atoms with Gasteiger partial charge in [-0.2, -0.15) is 0 Å². The minimum Gasteiger partial charge on any atom is -0.315 e. The van der Waals surface area contributed by atoms with Gasteiger partial charge in [0.2, 0.25) is 0 Å². The minimum atomic E-state index is 0.958. The van der Waals surface area contributed by atoms with Crippen LogP contribution in [0.5, 0.6) is 0 Å². The number of nitrogens with one attached hydrogen (secondary N) is 1. The summed E-state index contributed by atoms with van der Waals surface area (Å²) in [7, 11) is 0. The predicted molar refractivity (Wildman–Crippen MR) is 64.3 cm³/mol. The van der Waals surface area contributed by atoms with Crippen LogP contribution in [0.2, 0.25) is 0 Å². The lowest BCUT2D eigenvalue weighted by molar-refractivity contribution is 1.63. The molecule has 2 aliphatic carbocycles. The zero-order valence-corrected chi connectivity index (χ0v) is 8.27. The predicted octanol–water partition coefficient (Wildman–Crippen LogP) is 3.36. The van der Waals surface area contributed by atoms with E-state index in [0.29, 0.717) is 0 Å². The molecule has 15 heavy (non-hydrogen) atoms. The Morgan fingerprint density at radius 2 is 1.53 bits per heavy atom. The van der Waals surface area contributed by atoms with Gasteiger partial charge in [-0.25, -0.2) is 0 Å². The first-order valence-electron chi connectivity index (χ1n) is 4.77.